The molecule has 0 aromatic rings. The summed E-state index contributed by atoms with van der Waals surface area (Å²) in [5, 5.41) is 0. The molecule has 0 amide bonds. The minimum Gasteiger partial charge on any atom is -0.498 e. The van der Waals surface area contributed by atoms with Gasteiger partial charge in [0.2, 0.25) is 0 Å². The van der Waals surface area contributed by atoms with Crippen LogP contribution in [-0.2, 0) is 38.1 Å². The van der Waals surface area contributed by atoms with Gasteiger partial charge in [-0.05, 0) is 41.5 Å². The molecule has 1 saturated carbocycles. The third-order valence-electron chi connectivity index (χ3n) is 9.83. The van der Waals surface area contributed by atoms with Gasteiger partial charge in [-0.1, -0.05) is 23.3 Å². The number of hydrogen-bond donors (Lipinski definition) is 0. The van der Waals surface area contributed by atoms with E-state index in [2.05, 4.69) is 0 Å². The van der Waals surface area contributed by atoms with E-state index in [0.29, 0.717) is 12.0 Å². The predicted molar refractivity (Wildman–Crippen MR) is 133 cm³/mol. The molecule has 3 unspecified atom stereocenters. The first-order chi connectivity index (χ1) is 17.9. The SMILES string of the molecule is CC(C)=CC[C@]12OC1C(=O)C1=CO[C@H](C)C3[C@H]4C5=C(C(=O)[C@@H]6O[C@]6(CC=C(C)C)C5=O)[C@H](OC4C)[C@@]13C2=O. The quantitative estimate of drug-likeness (QED) is 0.411. The fourth-order valence-electron chi connectivity index (χ4n) is 8.01. The van der Waals surface area contributed by atoms with E-state index in [0.717, 1.165) is 11.1 Å². The summed E-state index contributed by atoms with van der Waals surface area (Å²) < 4.78 is 24.3. The van der Waals surface area contributed by atoms with E-state index in [1.165, 1.54) is 6.26 Å². The molecule has 8 heteroatoms. The summed E-state index contributed by atoms with van der Waals surface area (Å²) in [7, 11) is 0. The number of ketones is 4. The summed E-state index contributed by atoms with van der Waals surface area (Å²) in [5.41, 5.74) is -1.10. The molecule has 2 bridgehead atoms. The lowest BCUT2D eigenvalue weighted by Gasteiger charge is -2.62. The highest BCUT2D eigenvalue weighted by Crippen LogP contribution is 2.70. The zero-order valence-electron chi connectivity index (χ0n) is 22.5. The van der Waals surface area contributed by atoms with Gasteiger partial charge in [0, 0.05) is 41.4 Å². The molecule has 5 aliphatic heterocycles. The molecule has 8 aliphatic rings. The smallest absolute Gasteiger partial charge is 0.195 e. The summed E-state index contributed by atoms with van der Waals surface area (Å²) >= 11 is 0. The van der Waals surface area contributed by atoms with Crippen LogP contribution in [0.3, 0.4) is 0 Å². The van der Waals surface area contributed by atoms with Crippen molar-refractivity contribution in [2.75, 3.05) is 0 Å². The number of epoxide rings is 2. The molecule has 3 aliphatic carbocycles. The second-order valence-electron chi connectivity index (χ2n) is 12.5. The maximum absolute atomic E-state index is 14.7. The maximum atomic E-state index is 14.7. The van der Waals surface area contributed by atoms with E-state index < -0.39 is 59.0 Å². The predicted octanol–water partition coefficient (Wildman–Crippen LogP) is 2.90. The van der Waals surface area contributed by atoms with Crippen molar-refractivity contribution in [1.29, 1.82) is 0 Å². The Morgan fingerprint density at radius 2 is 1.42 bits per heavy atom. The molecule has 5 heterocycles. The van der Waals surface area contributed by atoms with Gasteiger partial charge in [-0.25, -0.2) is 0 Å². The first kappa shape index (κ1) is 24.4. The van der Waals surface area contributed by atoms with Crippen LogP contribution in [0.5, 0.6) is 0 Å². The van der Waals surface area contributed by atoms with Crippen molar-refractivity contribution in [1.82, 2.24) is 0 Å². The molecule has 38 heavy (non-hydrogen) atoms. The van der Waals surface area contributed by atoms with Crippen LogP contribution in [0.2, 0.25) is 0 Å². The van der Waals surface area contributed by atoms with Crippen LogP contribution in [0, 0.1) is 17.3 Å². The Balaban J connectivity index is 1.43. The van der Waals surface area contributed by atoms with Gasteiger partial charge >= 0.3 is 0 Å². The Bertz CT molecular complexity index is 1370. The lowest BCUT2D eigenvalue weighted by atomic mass is 9.44. The molecular formula is C30H32O8. The summed E-state index contributed by atoms with van der Waals surface area (Å²) in [5.74, 6) is -2.23. The van der Waals surface area contributed by atoms with Gasteiger partial charge in [-0.3, -0.25) is 19.2 Å². The number of fused-ring (bicyclic) bond motifs is 3. The monoisotopic (exact) mass is 520 g/mol. The van der Waals surface area contributed by atoms with E-state index in [1.807, 2.05) is 53.7 Å². The number of hydrogen-bond acceptors (Lipinski definition) is 8. The van der Waals surface area contributed by atoms with Crippen LogP contribution in [0.1, 0.15) is 54.4 Å². The number of Topliss-reactive ketones (excluding diaryl/α,β-unsaturated/α-hetero) is 4. The van der Waals surface area contributed by atoms with Crippen molar-refractivity contribution in [2.45, 2.75) is 96.1 Å². The Morgan fingerprint density at radius 3 is 2.08 bits per heavy atom. The van der Waals surface area contributed by atoms with Crippen molar-refractivity contribution in [3.63, 3.8) is 0 Å². The fraction of sp³-hybridized carbons (Fsp3) is 0.600. The lowest BCUT2D eigenvalue weighted by molar-refractivity contribution is -0.206. The van der Waals surface area contributed by atoms with Gasteiger partial charge < -0.3 is 18.9 Å². The van der Waals surface area contributed by atoms with E-state index >= 15 is 0 Å². The molecular weight excluding hydrogens is 488 g/mol. The largest absolute Gasteiger partial charge is 0.498 e. The highest BCUT2D eigenvalue weighted by atomic mass is 16.6. The first-order valence-electron chi connectivity index (χ1n) is 13.5. The summed E-state index contributed by atoms with van der Waals surface area (Å²) in [6.07, 6.45) is 2.00. The highest BCUT2D eigenvalue weighted by molar-refractivity contribution is 6.25. The first-order valence-corrected chi connectivity index (χ1v) is 13.5. The maximum Gasteiger partial charge on any atom is 0.195 e. The molecule has 0 N–H and O–H groups in total. The second-order valence-corrected chi connectivity index (χ2v) is 12.5. The minimum atomic E-state index is -1.46. The van der Waals surface area contributed by atoms with Crippen LogP contribution in [0.4, 0.5) is 0 Å². The molecule has 200 valence electrons. The summed E-state index contributed by atoms with van der Waals surface area (Å²) in [6, 6.07) is 0. The van der Waals surface area contributed by atoms with E-state index in [-0.39, 0.29) is 40.7 Å². The third kappa shape index (κ3) is 2.57. The summed E-state index contributed by atoms with van der Waals surface area (Å²) in [4.78, 5) is 56.6. The number of ether oxygens (including phenoxy) is 4. The molecule has 0 radical (unpaired) electrons. The van der Waals surface area contributed by atoms with Gasteiger partial charge in [0.15, 0.2) is 46.5 Å². The van der Waals surface area contributed by atoms with Crippen molar-refractivity contribution >= 4 is 23.1 Å². The second kappa shape index (κ2) is 7.29. The molecule has 10 atom stereocenters. The highest BCUT2D eigenvalue weighted by Gasteiger charge is 2.84. The van der Waals surface area contributed by atoms with Gasteiger partial charge in [-0.15, -0.1) is 0 Å². The number of carbonyl (C=O) groups excluding carboxylic acids is 4. The van der Waals surface area contributed by atoms with E-state index in [4.69, 9.17) is 18.9 Å². The van der Waals surface area contributed by atoms with Crippen LogP contribution in [-0.4, -0.2) is 64.9 Å². The van der Waals surface area contributed by atoms with Crippen molar-refractivity contribution in [3.8, 4) is 0 Å². The molecule has 0 aromatic carbocycles. The van der Waals surface area contributed by atoms with E-state index in [1.54, 1.807) is 0 Å². The number of carbonyl (C=O) groups is 4. The minimum absolute atomic E-state index is 0.202. The van der Waals surface area contributed by atoms with Gasteiger partial charge in [0.1, 0.15) is 11.5 Å². The molecule has 0 aromatic heterocycles. The van der Waals surface area contributed by atoms with Crippen LogP contribution >= 0.6 is 0 Å². The molecule has 8 nitrogen and oxygen atoms in total. The molecule has 4 fully saturated rings. The third-order valence-corrected chi connectivity index (χ3v) is 9.83. The van der Waals surface area contributed by atoms with Crippen molar-refractivity contribution in [2.24, 2.45) is 17.3 Å². The number of rotatable bonds is 4. The van der Waals surface area contributed by atoms with Crippen molar-refractivity contribution in [3.05, 3.63) is 46.3 Å². The lowest BCUT2D eigenvalue weighted by Crippen LogP contribution is -2.73. The standard InChI is InChI=1S/C30H32O8/c1-12(2)7-9-28-23(33)18-17-14(5)36-24(19(18)22(32)26(28)37-28)30-16(11-35-15(6)20(17)30)21(31)25-29(38-25,27(30)34)10-8-13(3)4/h7-8,11,14-15,17,20,24-26H,9-10H2,1-6H3/t14?,15-,17-,20?,24+,25?,26+,28-,29+,30-/m1/s1. The Labute approximate surface area is 221 Å². The van der Waals surface area contributed by atoms with Gasteiger partial charge in [-0.2, -0.15) is 0 Å². The number of allylic oxidation sites excluding steroid dienone is 2. The van der Waals surface area contributed by atoms with E-state index in [9.17, 15) is 19.2 Å². The van der Waals surface area contributed by atoms with Gasteiger partial charge in [0.25, 0.3) is 0 Å². The normalized spacial score (nSPS) is 47.1. The van der Waals surface area contributed by atoms with Crippen molar-refractivity contribution < 1.29 is 38.1 Å². The Hall–Kier alpha value is -2.68. The average Bonchev–Trinajstić information content (AvgIpc) is 3.78. The van der Waals surface area contributed by atoms with Crippen LogP contribution in [0.15, 0.2) is 46.3 Å². The molecule has 1 spiro atoms. The summed E-state index contributed by atoms with van der Waals surface area (Å²) in [6.45, 7) is 11.5. The zero-order valence-corrected chi connectivity index (χ0v) is 22.5. The molecule has 8 rings (SSSR count). The van der Waals surface area contributed by atoms with Crippen LogP contribution in [0.25, 0.3) is 0 Å². The van der Waals surface area contributed by atoms with Gasteiger partial charge in [0.05, 0.1) is 18.5 Å². The Kier molecular flexibility index (Phi) is 4.67. The molecule has 3 saturated heterocycles. The zero-order chi connectivity index (χ0) is 27.1. The Morgan fingerprint density at radius 1 is 0.816 bits per heavy atom. The topological polar surface area (TPSA) is 112 Å². The fourth-order valence-corrected chi connectivity index (χ4v) is 8.01. The average molecular weight is 521 g/mol. The van der Waals surface area contributed by atoms with Crippen LogP contribution < -0.4 is 0 Å².